The molecule has 2 aromatic heterocycles. The molecule has 36 heavy (non-hydrogen) atoms. The van der Waals surface area contributed by atoms with Crippen molar-refractivity contribution < 1.29 is 32.2 Å². The monoisotopic (exact) mass is 513 g/mol. The number of ether oxygens (including phenoxy) is 2. The maximum absolute atomic E-state index is 13.9. The van der Waals surface area contributed by atoms with Crippen LogP contribution in [0.2, 0.25) is 0 Å². The fourth-order valence-corrected chi connectivity index (χ4v) is 4.02. The zero-order valence-corrected chi connectivity index (χ0v) is 19.4. The number of aliphatic imine (C=N–C) groups is 1. The summed E-state index contributed by atoms with van der Waals surface area (Å²) in [6.07, 6.45) is 2.70. The van der Waals surface area contributed by atoms with Crippen molar-refractivity contribution in [3.05, 3.63) is 71.4 Å². The van der Waals surface area contributed by atoms with Gasteiger partial charge in [-0.1, -0.05) is 6.07 Å². The first-order chi connectivity index (χ1) is 17.2. The van der Waals surface area contributed by atoms with E-state index >= 15 is 0 Å². The Morgan fingerprint density at radius 1 is 1.14 bits per heavy atom. The third kappa shape index (κ3) is 4.83. The first kappa shape index (κ1) is 24.3. The third-order valence-corrected chi connectivity index (χ3v) is 5.71. The number of para-hydroxylation sites is 1. The molecule has 3 heterocycles. The topological polar surface area (TPSA) is 171 Å². The number of halogens is 1. The number of phenols is 1. The molecule has 0 bridgehead atoms. The van der Waals surface area contributed by atoms with Gasteiger partial charge < -0.3 is 14.6 Å². The number of carbonyl (C=O) groups is 1. The molecule has 0 unspecified atom stereocenters. The summed E-state index contributed by atoms with van der Waals surface area (Å²) in [6.45, 7) is 0. The number of nitrogens with one attached hydrogen (secondary N) is 1. The number of amides is 1. The minimum Gasteiger partial charge on any atom is -0.506 e. The first-order valence-electron chi connectivity index (χ1n) is 9.91. The molecule has 1 aromatic carbocycles. The molecule has 184 valence electrons. The van der Waals surface area contributed by atoms with Gasteiger partial charge in [-0.05, 0) is 29.7 Å². The fraction of sp³-hybridized carbons (Fsp3) is 0.143. The molecule has 15 heteroatoms. The molecule has 1 aliphatic heterocycles. The summed E-state index contributed by atoms with van der Waals surface area (Å²) in [5.74, 6) is -4.41. The van der Waals surface area contributed by atoms with Crippen LogP contribution in [0.25, 0.3) is 11.4 Å². The van der Waals surface area contributed by atoms with Crippen LogP contribution in [-0.4, -0.2) is 64.3 Å². The molecule has 1 aliphatic rings. The van der Waals surface area contributed by atoms with Gasteiger partial charge in [-0.2, -0.15) is 9.38 Å². The second-order valence-electron chi connectivity index (χ2n) is 6.90. The highest BCUT2D eigenvalue weighted by Crippen LogP contribution is 2.35. The van der Waals surface area contributed by atoms with Gasteiger partial charge in [0.05, 0.1) is 14.2 Å². The molecule has 1 amide bonds. The van der Waals surface area contributed by atoms with E-state index in [2.05, 4.69) is 36.6 Å². The number of carbonyl (C=O) groups excluding carboxylic acids is 1. The molecule has 2 N–H and O–H groups in total. The molecule has 4 rings (SSSR count). The average Bonchev–Trinajstić information content (AvgIpc) is 3.29. The normalized spacial score (nSPS) is 12.9. The van der Waals surface area contributed by atoms with Gasteiger partial charge >= 0.3 is 5.91 Å². The molecule has 0 radical (unpaired) electrons. The van der Waals surface area contributed by atoms with Crippen LogP contribution in [0.4, 0.5) is 4.39 Å². The van der Waals surface area contributed by atoms with Crippen molar-refractivity contribution in [2.45, 2.75) is 5.75 Å². The Hall–Kier alpha value is -4.84. The molecule has 3 aromatic rings. The van der Waals surface area contributed by atoms with Crippen molar-refractivity contribution in [2.75, 3.05) is 14.2 Å². The van der Waals surface area contributed by atoms with E-state index in [9.17, 15) is 22.7 Å². The standard InChI is InChI=1S/C21H16FN7O6S/c1-34-15-6-3-5-14(30)17(15)29-18(13-8-7-12(22)21(25-13)35-2)26-27-19(29)20(31)28-36(32,33)11-16-23-9-4-10-24-16/h3-6,9-10,30H,11H2,1-2H3,(H,28,31). The number of rotatable bonds is 7. The van der Waals surface area contributed by atoms with Gasteiger partial charge in [0.15, 0.2) is 11.5 Å². The van der Waals surface area contributed by atoms with Crippen LogP contribution >= 0.6 is 0 Å². The van der Waals surface area contributed by atoms with Crippen LogP contribution in [-0.2, 0) is 20.5 Å². The number of methoxy groups -OCH3 is 2. The number of benzene rings is 1. The van der Waals surface area contributed by atoms with Crippen molar-refractivity contribution >= 4 is 27.5 Å². The molecule has 0 saturated heterocycles. The zero-order chi connectivity index (χ0) is 25.9. The van der Waals surface area contributed by atoms with E-state index in [1.165, 1.54) is 50.9 Å². The van der Waals surface area contributed by atoms with Crippen molar-refractivity contribution in [1.29, 1.82) is 0 Å². The highest BCUT2D eigenvalue weighted by molar-refractivity contribution is 7.89. The maximum atomic E-state index is 13.9. The van der Waals surface area contributed by atoms with Crippen molar-refractivity contribution in [1.82, 2.24) is 29.5 Å². The Balaban J connectivity index is 1.85. The summed E-state index contributed by atoms with van der Waals surface area (Å²) in [5.41, 5.74) is 4.31. The second kappa shape index (κ2) is 9.80. The van der Waals surface area contributed by atoms with Gasteiger partial charge in [0, 0.05) is 12.4 Å². The molecule has 0 saturated carbocycles. The van der Waals surface area contributed by atoms with Crippen molar-refractivity contribution in [3.63, 3.8) is 0 Å². The van der Waals surface area contributed by atoms with E-state index in [-0.39, 0.29) is 34.5 Å². The molecule has 13 nitrogen and oxygen atoms in total. The second-order valence-corrected chi connectivity index (χ2v) is 8.62. The number of phenolic OH excluding ortho intramolecular Hbond substituents is 1. The molecule has 0 spiro atoms. The number of hydrogen-bond donors (Lipinski definition) is 2. The average molecular weight is 513 g/mol. The van der Waals surface area contributed by atoms with E-state index in [0.717, 1.165) is 4.57 Å². The lowest BCUT2D eigenvalue weighted by molar-refractivity contribution is 0.0969. The van der Waals surface area contributed by atoms with Crippen LogP contribution in [0.1, 0.15) is 22.3 Å². The predicted molar refractivity (Wildman–Crippen MR) is 121 cm³/mol. The summed E-state index contributed by atoms with van der Waals surface area (Å²) < 4.78 is 52.1. The fourth-order valence-electron chi connectivity index (χ4n) is 3.08. The minimum atomic E-state index is -4.28. The molecule has 0 fully saturated rings. The lowest BCUT2D eigenvalue weighted by atomic mass is 10.2. The molecule has 0 aliphatic carbocycles. The van der Waals surface area contributed by atoms with Crippen molar-refractivity contribution in [3.8, 4) is 17.2 Å². The highest BCUT2D eigenvalue weighted by atomic mass is 32.2. The summed E-state index contributed by atoms with van der Waals surface area (Å²) in [7, 11) is -1.79. The summed E-state index contributed by atoms with van der Waals surface area (Å²) in [4.78, 5) is 24.7. The van der Waals surface area contributed by atoms with Crippen molar-refractivity contribution in [2.24, 2.45) is 4.99 Å². The van der Waals surface area contributed by atoms with Gasteiger partial charge in [0.2, 0.25) is 21.7 Å². The number of sulfonamides is 1. The number of nitrogens with zero attached hydrogens (tertiary/aromatic N) is 6. The Bertz CT molecular complexity index is 1590. The van der Waals surface area contributed by atoms with Gasteiger partial charge in [-0.25, -0.2) is 23.1 Å². The van der Waals surface area contributed by atoms with E-state index in [0.29, 0.717) is 0 Å². The highest BCUT2D eigenvalue weighted by Gasteiger charge is 2.30. The van der Waals surface area contributed by atoms with Gasteiger partial charge in [-0.3, -0.25) is 9.36 Å². The van der Waals surface area contributed by atoms with Gasteiger partial charge in [0.1, 0.15) is 28.8 Å². The SMILES string of the molecule is COC1=NC(c2nnc(C(=O)NS(=O)(=O)Cc3ncccn3)n2-c2c(O)cccc2OC)=C=C=C1F. The van der Waals surface area contributed by atoms with Gasteiger partial charge in [0.25, 0.3) is 5.90 Å². The summed E-state index contributed by atoms with van der Waals surface area (Å²) in [6, 6.07) is 5.75. The Kier molecular flexibility index (Phi) is 6.61. The first-order valence-corrected chi connectivity index (χ1v) is 11.6. The Morgan fingerprint density at radius 3 is 2.58 bits per heavy atom. The van der Waals surface area contributed by atoms with Crippen LogP contribution in [0.5, 0.6) is 11.5 Å². The van der Waals surface area contributed by atoms with Crippen LogP contribution < -0.4 is 9.46 Å². The van der Waals surface area contributed by atoms with Crippen LogP contribution in [0.15, 0.2) is 58.9 Å². The quantitative estimate of drug-likeness (QED) is 0.435. The van der Waals surface area contributed by atoms with E-state index in [1.807, 2.05) is 4.72 Å². The molecular weight excluding hydrogens is 497 g/mol. The summed E-state index contributed by atoms with van der Waals surface area (Å²) in [5, 5.41) is 18.3. The smallest absolute Gasteiger partial charge is 0.303 e. The van der Waals surface area contributed by atoms with Crippen LogP contribution in [0, 0.1) is 0 Å². The van der Waals surface area contributed by atoms with Crippen LogP contribution in [0.3, 0.4) is 0 Å². The Labute approximate surface area is 203 Å². The van der Waals surface area contributed by atoms with E-state index in [4.69, 9.17) is 9.47 Å². The maximum Gasteiger partial charge on any atom is 0.303 e. The number of aromatic hydroxyl groups is 1. The van der Waals surface area contributed by atoms with Gasteiger partial charge in [-0.15, -0.1) is 10.2 Å². The predicted octanol–water partition coefficient (Wildman–Crippen LogP) is 1.04. The Morgan fingerprint density at radius 2 is 1.89 bits per heavy atom. The minimum absolute atomic E-state index is 0.0462. The zero-order valence-electron chi connectivity index (χ0n) is 18.6. The molecule has 0 atom stereocenters. The third-order valence-electron chi connectivity index (χ3n) is 4.57. The van der Waals surface area contributed by atoms with E-state index < -0.39 is 39.2 Å². The molecular formula is C21H16FN7O6S. The lowest BCUT2D eigenvalue weighted by Crippen LogP contribution is -2.34. The number of hydrogen-bond acceptors (Lipinski definition) is 11. The number of aromatic nitrogens is 5. The largest absolute Gasteiger partial charge is 0.506 e. The summed E-state index contributed by atoms with van der Waals surface area (Å²) >= 11 is 0. The lowest BCUT2D eigenvalue weighted by Gasteiger charge is -2.15. The van der Waals surface area contributed by atoms with E-state index in [1.54, 1.807) is 0 Å².